The Morgan fingerprint density at radius 3 is 2.70 bits per heavy atom. The van der Waals surface area contributed by atoms with E-state index in [1.165, 1.54) is 12.8 Å². The zero-order valence-corrected chi connectivity index (χ0v) is 5.92. The Balaban J connectivity index is 2.06. The molecule has 0 spiro atoms. The molecule has 2 nitrogen and oxygen atoms in total. The number of carbonyl (C=O) groups is 1. The van der Waals surface area contributed by atoms with Crippen molar-refractivity contribution in [2.45, 2.75) is 31.8 Å². The van der Waals surface area contributed by atoms with Crippen LogP contribution >= 0.6 is 0 Å². The van der Waals surface area contributed by atoms with Gasteiger partial charge in [0.05, 0.1) is 0 Å². The third-order valence-electron chi connectivity index (χ3n) is 2.88. The lowest BCUT2D eigenvalue weighted by Gasteiger charge is -2.43. The number of Topliss-reactive ketones (excluding diaryl/α,β-unsaturated/α-hetero) is 1. The van der Waals surface area contributed by atoms with Crippen molar-refractivity contribution in [3.63, 3.8) is 0 Å². The van der Waals surface area contributed by atoms with E-state index >= 15 is 0 Å². The van der Waals surface area contributed by atoms with Crippen molar-refractivity contribution in [1.82, 2.24) is 0 Å². The van der Waals surface area contributed by atoms with Crippen molar-refractivity contribution in [3.8, 4) is 0 Å². The van der Waals surface area contributed by atoms with E-state index < -0.39 is 6.10 Å². The molecule has 2 heteroatoms. The maximum Gasteiger partial charge on any atom is 0.165 e. The van der Waals surface area contributed by atoms with Crippen LogP contribution in [-0.4, -0.2) is 17.0 Å². The SMILES string of the molecule is O=C1C(O)C2CCCCC12. The largest absolute Gasteiger partial charge is 0.385 e. The predicted molar refractivity (Wildman–Crippen MR) is 36.5 cm³/mol. The van der Waals surface area contributed by atoms with Gasteiger partial charge in [0.1, 0.15) is 6.10 Å². The van der Waals surface area contributed by atoms with Crippen LogP contribution in [0, 0.1) is 11.8 Å². The van der Waals surface area contributed by atoms with Crippen molar-refractivity contribution in [2.75, 3.05) is 0 Å². The summed E-state index contributed by atoms with van der Waals surface area (Å²) in [4.78, 5) is 10.9. The average Bonchev–Trinajstić information content (AvgIpc) is 2.03. The number of rotatable bonds is 0. The summed E-state index contributed by atoms with van der Waals surface area (Å²) in [7, 11) is 0. The molecule has 0 aromatic heterocycles. The van der Waals surface area contributed by atoms with E-state index in [4.69, 9.17) is 5.11 Å². The summed E-state index contributed by atoms with van der Waals surface area (Å²) in [5, 5.41) is 9.16. The lowest BCUT2D eigenvalue weighted by molar-refractivity contribution is -0.155. The number of fused-ring (bicyclic) bond motifs is 1. The van der Waals surface area contributed by atoms with E-state index in [0.717, 1.165) is 12.8 Å². The highest BCUT2D eigenvalue weighted by Crippen LogP contribution is 2.42. The fourth-order valence-corrected chi connectivity index (χ4v) is 2.20. The first-order valence-corrected chi connectivity index (χ1v) is 4.02. The Bertz CT molecular complexity index is 165. The molecule has 0 aliphatic heterocycles. The summed E-state index contributed by atoms with van der Waals surface area (Å²) < 4.78 is 0. The molecule has 2 aliphatic rings. The van der Waals surface area contributed by atoms with Gasteiger partial charge in [0.15, 0.2) is 5.78 Å². The second kappa shape index (κ2) is 2.06. The lowest BCUT2D eigenvalue weighted by Crippen LogP contribution is -2.53. The third-order valence-corrected chi connectivity index (χ3v) is 2.88. The summed E-state index contributed by atoms with van der Waals surface area (Å²) >= 11 is 0. The van der Waals surface area contributed by atoms with Crippen LogP contribution < -0.4 is 0 Å². The Morgan fingerprint density at radius 1 is 1.30 bits per heavy atom. The molecule has 0 aromatic carbocycles. The van der Waals surface area contributed by atoms with E-state index in [1.807, 2.05) is 0 Å². The van der Waals surface area contributed by atoms with Gasteiger partial charge in [0, 0.05) is 11.8 Å². The van der Waals surface area contributed by atoms with Gasteiger partial charge in [0.25, 0.3) is 0 Å². The zero-order chi connectivity index (χ0) is 7.14. The highest BCUT2D eigenvalue weighted by Gasteiger charge is 2.48. The molecule has 10 heavy (non-hydrogen) atoms. The molecule has 0 aromatic rings. The summed E-state index contributed by atoms with van der Waals surface area (Å²) in [6, 6.07) is 0. The maximum absolute atomic E-state index is 10.9. The van der Waals surface area contributed by atoms with E-state index in [0.29, 0.717) is 5.92 Å². The van der Waals surface area contributed by atoms with E-state index in [1.54, 1.807) is 0 Å². The van der Waals surface area contributed by atoms with Gasteiger partial charge in [-0.25, -0.2) is 0 Å². The molecule has 0 bridgehead atoms. The quantitative estimate of drug-likeness (QED) is 0.538. The van der Waals surface area contributed by atoms with Crippen molar-refractivity contribution < 1.29 is 9.90 Å². The zero-order valence-electron chi connectivity index (χ0n) is 5.92. The molecular formula is C8H12O2. The standard InChI is InChI=1S/C8H12O2/c9-7-5-3-1-2-4-6(5)8(7)10/h5-7,9H,1-4H2. The number of carbonyl (C=O) groups excluding carboxylic acids is 1. The first-order valence-electron chi connectivity index (χ1n) is 4.02. The number of ketones is 1. The fourth-order valence-electron chi connectivity index (χ4n) is 2.20. The van der Waals surface area contributed by atoms with Crippen LogP contribution in [0.2, 0.25) is 0 Å². The molecule has 0 saturated heterocycles. The average molecular weight is 140 g/mol. The highest BCUT2D eigenvalue weighted by molar-refractivity contribution is 5.92. The van der Waals surface area contributed by atoms with Crippen molar-refractivity contribution in [1.29, 1.82) is 0 Å². The number of aliphatic hydroxyl groups is 1. The van der Waals surface area contributed by atoms with Crippen LogP contribution in [0.4, 0.5) is 0 Å². The first-order chi connectivity index (χ1) is 4.80. The molecule has 1 N–H and O–H groups in total. The smallest absolute Gasteiger partial charge is 0.165 e. The Kier molecular flexibility index (Phi) is 1.31. The van der Waals surface area contributed by atoms with Crippen LogP contribution in [0.3, 0.4) is 0 Å². The van der Waals surface area contributed by atoms with Crippen molar-refractivity contribution in [2.24, 2.45) is 11.8 Å². The minimum absolute atomic E-state index is 0.102. The van der Waals surface area contributed by atoms with Gasteiger partial charge >= 0.3 is 0 Å². The van der Waals surface area contributed by atoms with Crippen LogP contribution in [-0.2, 0) is 4.79 Å². The van der Waals surface area contributed by atoms with E-state index in [2.05, 4.69) is 0 Å². The summed E-state index contributed by atoms with van der Waals surface area (Å²) in [6.45, 7) is 0. The molecular weight excluding hydrogens is 128 g/mol. The molecule has 0 heterocycles. The summed E-state index contributed by atoms with van der Waals surface area (Å²) in [5.74, 6) is 0.676. The van der Waals surface area contributed by atoms with Crippen molar-refractivity contribution in [3.05, 3.63) is 0 Å². The summed E-state index contributed by atoms with van der Waals surface area (Å²) in [5.41, 5.74) is 0. The summed E-state index contributed by atoms with van der Waals surface area (Å²) in [6.07, 6.45) is 3.88. The molecule has 2 rings (SSSR count). The normalized spacial score (nSPS) is 46.1. The molecule has 2 fully saturated rings. The molecule has 0 amide bonds. The second-order valence-corrected chi connectivity index (χ2v) is 3.40. The first kappa shape index (κ1) is 6.35. The Morgan fingerprint density at radius 2 is 2.00 bits per heavy atom. The van der Waals surface area contributed by atoms with Gasteiger partial charge in [-0.1, -0.05) is 12.8 Å². The lowest BCUT2D eigenvalue weighted by atomic mass is 9.62. The third kappa shape index (κ3) is 0.655. The maximum atomic E-state index is 10.9. The number of hydrogen-bond donors (Lipinski definition) is 1. The monoisotopic (exact) mass is 140 g/mol. The molecule has 2 saturated carbocycles. The van der Waals surface area contributed by atoms with Crippen molar-refractivity contribution >= 4 is 5.78 Å². The van der Waals surface area contributed by atoms with Crippen LogP contribution in [0.25, 0.3) is 0 Å². The predicted octanol–water partition coefficient (Wildman–Crippen LogP) is 0.736. The van der Waals surface area contributed by atoms with Gasteiger partial charge in [0.2, 0.25) is 0 Å². The number of aliphatic hydroxyl groups excluding tert-OH is 1. The molecule has 3 unspecified atom stereocenters. The van der Waals surface area contributed by atoms with Gasteiger partial charge in [-0.15, -0.1) is 0 Å². The van der Waals surface area contributed by atoms with E-state index in [-0.39, 0.29) is 11.7 Å². The number of hydrogen-bond acceptors (Lipinski definition) is 2. The molecule has 3 atom stereocenters. The Hall–Kier alpha value is -0.370. The molecule has 0 radical (unpaired) electrons. The highest BCUT2D eigenvalue weighted by atomic mass is 16.3. The minimum Gasteiger partial charge on any atom is -0.385 e. The van der Waals surface area contributed by atoms with Crippen LogP contribution in [0.1, 0.15) is 25.7 Å². The fraction of sp³-hybridized carbons (Fsp3) is 0.875. The van der Waals surface area contributed by atoms with Crippen LogP contribution in [0.15, 0.2) is 0 Å². The molecule has 2 aliphatic carbocycles. The molecule has 56 valence electrons. The second-order valence-electron chi connectivity index (χ2n) is 3.40. The van der Waals surface area contributed by atoms with Gasteiger partial charge in [-0.3, -0.25) is 4.79 Å². The van der Waals surface area contributed by atoms with Gasteiger partial charge in [-0.05, 0) is 12.8 Å². The Labute approximate surface area is 60.2 Å². The minimum atomic E-state index is -0.592. The topological polar surface area (TPSA) is 37.3 Å². The van der Waals surface area contributed by atoms with Gasteiger partial charge < -0.3 is 5.11 Å². The van der Waals surface area contributed by atoms with Crippen LogP contribution in [0.5, 0.6) is 0 Å². The van der Waals surface area contributed by atoms with E-state index in [9.17, 15) is 4.79 Å². The van der Waals surface area contributed by atoms with Gasteiger partial charge in [-0.2, -0.15) is 0 Å².